The highest BCUT2D eigenvalue weighted by Gasteiger charge is 2.03. The summed E-state index contributed by atoms with van der Waals surface area (Å²) in [5, 5.41) is 6.07. The summed E-state index contributed by atoms with van der Waals surface area (Å²) in [5.41, 5.74) is 3.80. The van der Waals surface area contributed by atoms with Crippen molar-refractivity contribution in [1.82, 2.24) is 5.32 Å². The van der Waals surface area contributed by atoms with Crippen LogP contribution < -0.4 is 10.6 Å². The maximum absolute atomic E-state index is 11.9. The Morgan fingerprint density at radius 3 is 2.57 bits per heavy atom. The van der Waals surface area contributed by atoms with E-state index in [9.17, 15) is 9.59 Å². The lowest BCUT2D eigenvalue weighted by Gasteiger charge is -2.09. The molecule has 120 valence electrons. The largest absolute Gasteiger partial charge is 0.385 e. The van der Waals surface area contributed by atoms with Crippen molar-refractivity contribution < 1.29 is 9.59 Å². The molecule has 2 N–H and O–H groups in total. The number of rotatable bonds is 7. The molecule has 2 aromatic rings. The zero-order chi connectivity index (χ0) is 16.7. The van der Waals surface area contributed by atoms with Crippen molar-refractivity contribution in [3.8, 4) is 0 Å². The van der Waals surface area contributed by atoms with Gasteiger partial charge < -0.3 is 10.6 Å². The standard InChI is InChI=1S/C19H22N2O2/c1-14-5-3-6-16(11-14)13-21-19(23)9-10-20-18-8-4-7-17(12-18)15(2)22/h3-8,11-12,20H,9-10,13H2,1-2H3,(H,21,23). The molecule has 0 unspecified atom stereocenters. The van der Waals surface area contributed by atoms with Gasteiger partial charge >= 0.3 is 0 Å². The first kappa shape index (κ1) is 16.7. The first-order chi connectivity index (χ1) is 11.0. The van der Waals surface area contributed by atoms with Crippen LogP contribution in [0.15, 0.2) is 48.5 Å². The minimum atomic E-state index is 0.00160. The Morgan fingerprint density at radius 2 is 1.83 bits per heavy atom. The smallest absolute Gasteiger partial charge is 0.222 e. The summed E-state index contributed by atoms with van der Waals surface area (Å²) < 4.78 is 0. The molecule has 0 heterocycles. The van der Waals surface area contributed by atoms with Crippen molar-refractivity contribution in [1.29, 1.82) is 0 Å². The van der Waals surface area contributed by atoms with E-state index in [1.165, 1.54) is 12.5 Å². The Hall–Kier alpha value is -2.62. The van der Waals surface area contributed by atoms with E-state index in [1.807, 2.05) is 37.3 Å². The second-order valence-corrected chi connectivity index (χ2v) is 5.58. The molecule has 1 amide bonds. The highest BCUT2D eigenvalue weighted by atomic mass is 16.1. The highest BCUT2D eigenvalue weighted by molar-refractivity contribution is 5.94. The summed E-state index contributed by atoms with van der Waals surface area (Å²) in [5.74, 6) is 0.0336. The lowest BCUT2D eigenvalue weighted by Crippen LogP contribution is -2.24. The molecular weight excluding hydrogens is 288 g/mol. The predicted octanol–water partition coefficient (Wildman–Crippen LogP) is 3.32. The van der Waals surface area contributed by atoms with E-state index in [-0.39, 0.29) is 11.7 Å². The van der Waals surface area contributed by atoms with Gasteiger partial charge in [0.05, 0.1) is 0 Å². The molecule has 0 saturated carbocycles. The van der Waals surface area contributed by atoms with Crippen LogP contribution in [-0.2, 0) is 11.3 Å². The molecule has 0 aliphatic rings. The fraction of sp³-hybridized carbons (Fsp3) is 0.263. The fourth-order valence-corrected chi connectivity index (χ4v) is 2.28. The van der Waals surface area contributed by atoms with Gasteiger partial charge in [0, 0.05) is 30.8 Å². The average Bonchev–Trinajstić information content (AvgIpc) is 2.53. The molecule has 2 rings (SSSR count). The Labute approximate surface area is 136 Å². The second kappa shape index (κ2) is 8.13. The van der Waals surface area contributed by atoms with Gasteiger partial charge in [0.15, 0.2) is 5.78 Å². The molecule has 0 aliphatic heterocycles. The van der Waals surface area contributed by atoms with Crippen LogP contribution in [0.1, 0.15) is 34.8 Å². The molecule has 0 atom stereocenters. The third-order valence-electron chi connectivity index (χ3n) is 3.52. The van der Waals surface area contributed by atoms with Gasteiger partial charge in [0.25, 0.3) is 0 Å². The Balaban J connectivity index is 1.74. The van der Waals surface area contributed by atoms with E-state index >= 15 is 0 Å². The molecule has 23 heavy (non-hydrogen) atoms. The van der Waals surface area contributed by atoms with Gasteiger partial charge in [-0.25, -0.2) is 0 Å². The number of hydrogen-bond donors (Lipinski definition) is 2. The van der Waals surface area contributed by atoms with Gasteiger partial charge in [-0.15, -0.1) is 0 Å². The zero-order valence-corrected chi connectivity index (χ0v) is 13.6. The van der Waals surface area contributed by atoms with Crippen LogP contribution in [0.4, 0.5) is 5.69 Å². The van der Waals surface area contributed by atoms with E-state index < -0.39 is 0 Å². The van der Waals surface area contributed by atoms with Crippen LogP contribution in [0, 0.1) is 6.92 Å². The summed E-state index contributed by atoms with van der Waals surface area (Å²) in [6.45, 7) is 4.64. The first-order valence-corrected chi connectivity index (χ1v) is 7.72. The summed E-state index contributed by atoms with van der Waals surface area (Å²) in [4.78, 5) is 23.2. The molecule has 4 heteroatoms. The van der Waals surface area contributed by atoms with Gasteiger partial charge in [-0.05, 0) is 31.5 Å². The number of Topliss-reactive ketones (excluding diaryl/α,β-unsaturated/α-hetero) is 1. The van der Waals surface area contributed by atoms with Gasteiger partial charge in [0.1, 0.15) is 0 Å². The number of ketones is 1. The van der Waals surface area contributed by atoms with Crippen LogP contribution in [0.2, 0.25) is 0 Å². The fourth-order valence-electron chi connectivity index (χ4n) is 2.28. The Kier molecular flexibility index (Phi) is 5.92. The molecular formula is C19H22N2O2. The maximum atomic E-state index is 11.9. The molecule has 0 aliphatic carbocycles. The van der Waals surface area contributed by atoms with Crippen molar-refractivity contribution >= 4 is 17.4 Å². The van der Waals surface area contributed by atoms with Crippen molar-refractivity contribution in [2.75, 3.05) is 11.9 Å². The SMILES string of the molecule is CC(=O)c1cccc(NCCC(=O)NCc2cccc(C)c2)c1. The zero-order valence-electron chi connectivity index (χ0n) is 13.6. The minimum absolute atomic E-state index is 0.00160. The van der Waals surface area contributed by atoms with Crippen LogP contribution in [0.25, 0.3) is 0 Å². The molecule has 0 saturated heterocycles. The van der Waals surface area contributed by atoms with Crippen molar-refractivity contribution in [2.24, 2.45) is 0 Å². The molecule has 2 aromatic carbocycles. The molecule has 0 fully saturated rings. The van der Waals surface area contributed by atoms with Gasteiger partial charge in [-0.2, -0.15) is 0 Å². The second-order valence-electron chi connectivity index (χ2n) is 5.58. The highest BCUT2D eigenvalue weighted by Crippen LogP contribution is 2.11. The van der Waals surface area contributed by atoms with E-state index in [0.29, 0.717) is 25.1 Å². The lowest BCUT2D eigenvalue weighted by molar-refractivity contribution is -0.121. The molecule has 0 bridgehead atoms. The minimum Gasteiger partial charge on any atom is -0.385 e. The third kappa shape index (κ3) is 5.58. The number of anilines is 1. The van der Waals surface area contributed by atoms with E-state index in [1.54, 1.807) is 12.1 Å². The van der Waals surface area contributed by atoms with Crippen molar-refractivity contribution in [3.05, 3.63) is 65.2 Å². The van der Waals surface area contributed by atoms with E-state index in [4.69, 9.17) is 0 Å². The van der Waals surface area contributed by atoms with Crippen LogP contribution >= 0.6 is 0 Å². The molecule has 0 radical (unpaired) electrons. The Bertz CT molecular complexity index is 695. The number of nitrogens with one attached hydrogen (secondary N) is 2. The van der Waals surface area contributed by atoms with Gasteiger partial charge in [0.2, 0.25) is 5.91 Å². The van der Waals surface area contributed by atoms with Crippen molar-refractivity contribution in [3.63, 3.8) is 0 Å². The van der Waals surface area contributed by atoms with Crippen LogP contribution in [0.3, 0.4) is 0 Å². The quantitative estimate of drug-likeness (QED) is 0.771. The third-order valence-corrected chi connectivity index (χ3v) is 3.52. The summed E-state index contributed by atoms with van der Waals surface area (Å²) in [7, 11) is 0. The molecule has 0 spiro atoms. The van der Waals surface area contributed by atoms with Crippen molar-refractivity contribution in [2.45, 2.75) is 26.8 Å². The monoisotopic (exact) mass is 310 g/mol. The number of hydrogen-bond acceptors (Lipinski definition) is 3. The Morgan fingerprint density at radius 1 is 1.04 bits per heavy atom. The predicted molar refractivity (Wildman–Crippen MR) is 92.6 cm³/mol. The summed E-state index contributed by atoms with van der Waals surface area (Å²) >= 11 is 0. The van der Waals surface area contributed by atoms with Crippen LogP contribution in [-0.4, -0.2) is 18.2 Å². The first-order valence-electron chi connectivity index (χ1n) is 7.72. The topological polar surface area (TPSA) is 58.2 Å². The molecule has 4 nitrogen and oxygen atoms in total. The van der Waals surface area contributed by atoms with Crippen LogP contribution in [0.5, 0.6) is 0 Å². The number of aryl methyl sites for hydroxylation is 1. The number of carbonyl (C=O) groups excluding carboxylic acids is 2. The lowest BCUT2D eigenvalue weighted by atomic mass is 10.1. The summed E-state index contributed by atoms with van der Waals surface area (Å²) in [6, 6.07) is 15.4. The van der Waals surface area contributed by atoms with E-state index in [2.05, 4.69) is 16.7 Å². The number of carbonyl (C=O) groups is 2. The van der Waals surface area contributed by atoms with Gasteiger partial charge in [-0.3, -0.25) is 9.59 Å². The maximum Gasteiger partial charge on any atom is 0.222 e. The normalized spacial score (nSPS) is 10.2. The average molecular weight is 310 g/mol. The number of amides is 1. The molecule has 0 aromatic heterocycles. The van der Waals surface area contributed by atoms with Gasteiger partial charge in [-0.1, -0.05) is 42.0 Å². The number of benzene rings is 2. The van der Waals surface area contributed by atoms with E-state index in [0.717, 1.165) is 11.3 Å². The summed E-state index contributed by atoms with van der Waals surface area (Å²) in [6.07, 6.45) is 0.385.